The van der Waals surface area contributed by atoms with Crippen LogP contribution < -0.4 is 0 Å². The lowest BCUT2D eigenvalue weighted by Crippen LogP contribution is -2.43. The van der Waals surface area contributed by atoms with E-state index in [1.807, 2.05) is 0 Å². The summed E-state index contributed by atoms with van der Waals surface area (Å²) in [5.41, 5.74) is 0.761. The molecule has 0 spiro atoms. The molecule has 0 saturated carbocycles. The summed E-state index contributed by atoms with van der Waals surface area (Å²) in [4.78, 5) is 24.7. The minimum Gasteiger partial charge on any atom is -0.508 e. The molecular formula is C14H16ClNO4. The second-order valence-electron chi connectivity index (χ2n) is 5.00. The van der Waals surface area contributed by atoms with Crippen LogP contribution in [-0.4, -0.2) is 45.5 Å². The van der Waals surface area contributed by atoms with E-state index in [0.717, 1.165) is 5.56 Å². The highest BCUT2D eigenvalue weighted by atomic mass is 35.5. The Morgan fingerprint density at radius 3 is 2.55 bits per heavy atom. The molecule has 1 aromatic rings. The van der Waals surface area contributed by atoms with Crippen molar-refractivity contribution in [2.24, 2.45) is 5.92 Å². The molecule has 1 saturated heterocycles. The first-order valence-electron chi connectivity index (χ1n) is 6.37. The van der Waals surface area contributed by atoms with Gasteiger partial charge in [0.15, 0.2) is 0 Å². The van der Waals surface area contributed by atoms with E-state index in [9.17, 15) is 19.8 Å². The van der Waals surface area contributed by atoms with Crippen LogP contribution in [0.1, 0.15) is 12.0 Å². The zero-order valence-corrected chi connectivity index (χ0v) is 11.6. The van der Waals surface area contributed by atoms with Crippen LogP contribution in [0.3, 0.4) is 0 Å². The third-order valence-electron chi connectivity index (χ3n) is 3.48. The molecule has 2 atom stereocenters. The van der Waals surface area contributed by atoms with Gasteiger partial charge in [-0.1, -0.05) is 12.1 Å². The molecular weight excluding hydrogens is 282 g/mol. The number of nitrogens with zero attached hydrogens (tertiary/aromatic N) is 1. The number of carbonyl (C=O) groups is 2. The standard InChI is InChI=1S/C14H16ClNO4/c15-7-10-6-13(18)16(8-10)12(14(19)20)5-9-1-3-11(17)4-2-9/h1-4,10,12,17H,5-8H2,(H,19,20)/t10?,12-/m0/s1. The van der Waals surface area contributed by atoms with Crippen LogP contribution in [0.2, 0.25) is 0 Å². The average molecular weight is 298 g/mol. The number of benzene rings is 1. The van der Waals surface area contributed by atoms with Gasteiger partial charge in [-0.25, -0.2) is 4.79 Å². The summed E-state index contributed by atoms with van der Waals surface area (Å²) in [5.74, 6) is -0.692. The van der Waals surface area contributed by atoms with Crippen LogP contribution in [-0.2, 0) is 16.0 Å². The molecule has 6 heteroatoms. The van der Waals surface area contributed by atoms with Crippen molar-refractivity contribution in [3.05, 3.63) is 29.8 Å². The summed E-state index contributed by atoms with van der Waals surface area (Å²) in [6, 6.07) is 5.43. The number of aliphatic carboxylic acids is 1. The van der Waals surface area contributed by atoms with Gasteiger partial charge in [0.05, 0.1) is 0 Å². The van der Waals surface area contributed by atoms with E-state index in [2.05, 4.69) is 0 Å². The van der Waals surface area contributed by atoms with Crippen LogP contribution in [0.25, 0.3) is 0 Å². The predicted octanol–water partition coefficient (Wildman–Crippen LogP) is 1.48. The second kappa shape index (κ2) is 6.13. The molecule has 0 aromatic heterocycles. The summed E-state index contributed by atoms with van der Waals surface area (Å²) >= 11 is 5.75. The van der Waals surface area contributed by atoms with Crippen LogP contribution in [0, 0.1) is 5.92 Å². The number of hydrogen-bond acceptors (Lipinski definition) is 3. The Labute approximate surface area is 121 Å². The quantitative estimate of drug-likeness (QED) is 0.807. The monoisotopic (exact) mass is 297 g/mol. The number of hydrogen-bond donors (Lipinski definition) is 2. The fraction of sp³-hybridized carbons (Fsp3) is 0.429. The van der Waals surface area contributed by atoms with Gasteiger partial charge >= 0.3 is 5.97 Å². The van der Waals surface area contributed by atoms with Crippen molar-refractivity contribution in [2.75, 3.05) is 12.4 Å². The molecule has 1 amide bonds. The van der Waals surface area contributed by atoms with Gasteiger partial charge < -0.3 is 15.1 Å². The van der Waals surface area contributed by atoms with E-state index in [4.69, 9.17) is 11.6 Å². The van der Waals surface area contributed by atoms with Gasteiger partial charge in [0.2, 0.25) is 5.91 Å². The van der Waals surface area contributed by atoms with Crippen LogP contribution in [0.4, 0.5) is 0 Å². The maximum Gasteiger partial charge on any atom is 0.326 e. The number of phenols is 1. The third kappa shape index (κ3) is 3.22. The molecule has 1 aliphatic heterocycles. The normalized spacial score (nSPS) is 20.1. The van der Waals surface area contributed by atoms with Crippen molar-refractivity contribution in [3.8, 4) is 5.75 Å². The second-order valence-corrected chi connectivity index (χ2v) is 5.30. The first kappa shape index (κ1) is 14.7. The predicted molar refractivity (Wildman–Crippen MR) is 73.8 cm³/mol. The number of halogens is 1. The van der Waals surface area contributed by atoms with E-state index in [1.165, 1.54) is 17.0 Å². The maximum absolute atomic E-state index is 11.9. The Morgan fingerprint density at radius 2 is 2.05 bits per heavy atom. The van der Waals surface area contributed by atoms with E-state index < -0.39 is 12.0 Å². The average Bonchev–Trinajstić information content (AvgIpc) is 2.79. The van der Waals surface area contributed by atoms with Crippen molar-refractivity contribution in [2.45, 2.75) is 18.9 Å². The Hall–Kier alpha value is -1.75. The topological polar surface area (TPSA) is 77.8 Å². The van der Waals surface area contributed by atoms with Gasteiger partial charge in [0, 0.05) is 25.3 Å². The van der Waals surface area contributed by atoms with E-state index in [1.54, 1.807) is 12.1 Å². The largest absolute Gasteiger partial charge is 0.508 e. The minimum absolute atomic E-state index is 0.0193. The molecule has 20 heavy (non-hydrogen) atoms. The number of carboxylic acids is 1. The maximum atomic E-state index is 11.9. The molecule has 2 N–H and O–H groups in total. The van der Waals surface area contributed by atoms with Crippen molar-refractivity contribution in [1.82, 2.24) is 4.90 Å². The number of phenolic OH excluding ortho intramolecular Hbond substituents is 1. The summed E-state index contributed by atoms with van der Waals surface area (Å²) in [6.45, 7) is 0.386. The molecule has 1 heterocycles. The number of carbonyl (C=O) groups excluding carboxylic acids is 1. The molecule has 0 aliphatic carbocycles. The van der Waals surface area contributed by atoms with E-state index in [0.29, 0.717) is 18.8 Å². The Kier molecular flexibility index (Phi) is 4.49. The fourth-order valence-corrected chi connectivity index (χ4v) is 2.61. The van der Waals surface area contributed by atoms with Crippen molar-refractivity contribution < 1.29 is 19.8 Å². The molecule has 1 aromatic carbocycles. The molecule has 1 aliphatic rings. The molecule has 2 rings (SSSR count). The van der Waals surface area contributed by atoms with E-state index >= 15 is 0 Å². The van der Waals surface area contributed by atoms with Gasteiger partial charge in [0.1, 0.15) is 11.8 Å². The van der Waals surface area contributed by atoms with Crippen molar-refractivity contribution in [1.29, 1.82) is 0 Å². The summed E-state index contributed by atoms with van der Waals surface area (Å²) < 4.78 is 0. The Balaban J connectivity index is 2.13. The Morgan fingerprint density at radius 1 is 1.40 bits per heavy atom. The van der Waals surface area contributed by atoms with Crippen molar-refractivity contribution >= 4 is 23.5 Å². The SMILES string of the molecule is O=C(O)[C@H](Cc1ccc(O)cc1)N1CC(CCl)CC1=O. The molecule has 1 fully saturated rings. The molecule has 0 bridgehead atoms. The van der Waals surface area contributed by atoms with Crippen LogP contribution in [0.5, 0.6) is 5.75 Å². The number of amides is 1. The zero-order valence-electron chi connectivity index (χ0n) is 10.8. The molecule has 108 valence electrons. The lowest BCUT2D eigenvalue weighted by molar-refractivity contribution is -0.148. The smallest absolute Gasteiger partial charge is 0.326 e. The number of aromatic hydroxyl groups is 1. The fourth-order valence-electron chi connectivity index (χ4n) is 2.40. The first-order valence-corrected chi connectivity index (χ1v) is 6.91. The summed E-state index contributed by atoms with van der Waals surface area (Å²) in [7, 11) is 0. The number of alkyl halides is 1. The van der Waals surface area contributed by atoms with Gasteiger partial charge in [-0.05, 0) is 23.6 Å². The van der Waals surface area contributed by atoms with Crippen molar-refractivity contribution in [3.63, 3.8) is 0 Å². The zero-order chi connectivity index (χ0) is 14.7. The highest BCUT2D eigenvalue weighted by molar-refractivity contribution is 6.18. The van der Waals surface area contributed by atoms with Gasteiger partial charge in [-0.3, -0.25) is 4.79 Å². The number of carboxylic acid groups (broad SMARTS) is 1. The Bertz CT molecular complexity index is 502. The molecule has 1 unspecified atom stereocenters. The number of likely N-dealkylation sites (tertiary alicyclic amines) is 1. The van der Waals surface area contributed by atoms with E-state index in [-0.39, 0.29) is 24.0 Å². The summed E-state index contributed by atoms with van der Waals surface area (Å²) in [5, 5.41) is 18.6. The van der Waals surface area contributed by atoms with Gasteiger partial charge in [-0.2, -0.15) is 0 Å². The first-order chi connectivity index (χ1) is 9.51. The van der Waals surface area contributed by atoms with Gasteiger partial charge in [-0.15, -0.1) is 11.6 Å². The lowest BCUT2D eigenvalue weighted by atomic mass is 10.0. The van der Waals surface area contributed by atoms with Crippen LogP contribution in [0.15, 0.2) is 24.3 Å². The summed E-state index contributed by atoms with van der Waals surface area (Å²) in [6.07, 6.45) is 0.527. The minimum atomic E-state index is -1.03. The van der Waals surface area contributed by atoms with Gasteiger partial charge in [0.25, 0.3) is 0 Å². The highest BCUT2D eigenvalue weighted by Crippen LogP contribution is 2.23. The number of rotatable bonds is 5. The van der Waals surface area contributed by atoms with Crippen LogP contribution >= 0.6 is 11.6 Å². The third-order valence-corrected chi connectivity index (χ3v) is 3.92. The highest BCUT2D eigenvalue weighted by Gasteiger charge is 2.37. The lowest BCUT2D eigenvalue weighted by Gasteiger charge is -2.24. The molecule has 5 nitrogen and oxygen atoms in total. The molecule has 0 radical (unpaired) electrons.